The number of alkyl halides is 1. The van der Waals surface area contributed by atoms with Gasteiger partial charge in [0.1, 0.15) is 0 Å². The van der Waals surface area contributed by atoms with Crippen LogP contribution in [0.2, 0.25) is 0 Å². The largest absolute Gasteiger partial charge is 0.377 e. The molecule has 1 aliphatic heterocycles. The van der Waals surface area contributed by atoms with E-state index < -0.39 is 0 Å². The molecule has 64 valence electrons. The normalized spacial score (nSPS) is 32.8. The third-order valence-corrected chi connectivity index (χ3v) is 3.06. The molecule has 1 saturated heterocycles. The van der Waals surface area contributed by atoms with Crippen LogP contribution in [0.5, 0.6) is 0 Å². The fraction of sp³-hybridized carbons (Fsp3) is 0.778. The minimum absolute atomic E-state index is 0.356. The van der Waals surface area contributed by atoms with E-state index in [1.54, 1.807) is 0 Å². The SMILES string of the molecule is C=CCC1OCCCCC1Br. The van der Waals surface area contributed by atoms with Crippen LogP contribution < -0.4 is 0 Å². The summed E-state index contributed by atoms with van der Waals surface area (Å²) in [6.07, 6.45) is 6.98. The Morgan fingerprint density at radius 3 is 3.09 bits per heavy atom. The minimum Gasteiger partial charge on any atom is -0.377 e. The van der Waals surface area contributed by atoms with E-state index in [1.165, 1.54) is 19.3 Å². The first-order valence-electron chi connectivity index (χ1n) is 4.21. The monoisotopic (exact) mass is 218 g/mol. The van der Waals surface area contributed by atoms with Gasteiger partial charge in [-0.1, -0.05) is 22.0 Å². The molecule has 2 heteroatoms. The Balaban J connectivity index is 2.38. The Bertz CT molecular complexity index is 125. The molecule has 0 radical (unpaired) electrons. The van der Waals surface area contributed by atoms with Gasteiger partial charge in [0, 0.05) is 11.4 Å². The molecular formula is C9H15BrO. The van der Waals surface area contributed by atoms with Crippen LogP contribution in [0.4, 0.5) is 0 Å². The molecule has 1 nitrogen and oxygen atoms in total. The van der Waals surface area contributed by atoms with Crippen molar-refractivity contribution in [1.82, 2.24) is 0 Å². The van der Waals surface area contributed by atoms with Crippen LogP contribution >= 0.6 is 15.9 Å². The van der Waals surface area contributed by atoms with Crippen molar-refractivity contribution in [2.24, 2.45) is 0 Å². The number of rotatable bonds is 2. The molecule has 1 fully saturated rings. The van der Waals surface area contributed by atoms with Crippen molar-refractivity contribution >= 4 is 15.9 Å². The molecule has 1 rings (SSSR count). The Hall–Kier alpha value is 0.180. The molecule has 0 spiro atoms. The van der Waals surface area contributed by atoms with Crippen molar-refractivity contribution in [3.05, 3.63) is 12.7 Å². The molecule has 1 heterocycles. The van der Waals surface area contributed by atoms with Gasteiger partial charge in [0.25, 0.3) is 0 Å². The smallest absolute Gasteiger partial charge is 0.0734 e. The highest BCUT2D eigenvalue weighted by molar-refractivity contribution is 9.09. The predicted molar refractivity (Wildman–Crippen MR) is 51.1 cm³/mol. The first-order chi connectivity index (χ1) is 5.34. The third-order valence-electron chi connectivity index (χ3n) is 2.01. The summed E-state index contributed by atoms with van der Waals surface area (Å²) < 4.78 is 5.64. The molecule has 0 saturated carbocycles. The minimum atomic E-state index is 0.356. The van der Waals surface area contributed by atoms with Crippen LogP contribution in [0.15, 0.2) is 12.7 Å². The van der Waals surface area contributed by atoms with Crippen LogP contribution in [0.25, 0.3) is 0 Å². The second-order valence-corrected chi connectivity index (χ2v) is 4.12. The number of ether oxygens (including phenoxy) is 1. The number of hydrogen-bond donors (Lipinski definition) is 0. The van der Waals surface area contributed by atoms with Gasteiger partial charge in [-0.2, -0.15) is 0 Å². The zero-order valence-corrected chi connectivity index (χ0v) is 8.35. The fourth-order valence-corrected chi connectivity index (χ4v) is 2.04. The van der Waals surface area contributed by atoms with Crippen LogP contribution in [0.3, 0.4) is 0 Å². The highest BCUT2D eigenvalue weighted by Gasteiger charge is 2.20. The average molecular weight is 219 g/mol. The van der Waals surface area contributed by atoms with Crippen molar-refractivity contribution in [2.75, 3.05) is 6.61 Å². The van der Waals surface area contributed by atoms with Crippen molar-refractivity contribution < 1.29 is 4.74 Å². The van der Waals surface area contributed by atoms with Gasteiger partial charge in [-0.25, -0.2) is 0 Å². The van der Waals surface area contributed by atoms with Crippen molar-refractivity contribution in [3.8, 4) is 0 Å². The first kappa shape index (κ1) is 9.27. The van der Waals surface area contributed by atoms with E-state index in [9.17, 15) is 0 Å². The van der Waals surface area contributed by atoms with Gasteiger partial charge in [0.15, 0.2) is 0 Å². The van der Waals surface area contributed by atoms with Crippen molar-refractivity contribution in [3.63, 3.8) is 0 Å². The number of hydrogen-bond acceptors (Lipinski definition) is 1. The maximum atomic E-state index is 5.64. The molecule has 0 aromatic carbocycles. The van der Waals surface area contributed by atoms with Gasteiger partial charge in [-0.15, -0.1) is 6.58 Å². The van der Waals surface area contributed by atoms with Crippen molar-refractivity contribution in [1.29, 1.82) is 0 Å². The lowest BCUT2D eigenvalue weighted by Crippen LogP contribution is -2.21. The molecular weight excluding hydrogens is 204 g/mol. The molecule has 0 aromatic rings. The molecule has 1 aliphatic rings. The van der Waals surface area contributed by atoms with E-state index >= 15 is 0 Å². The summed E-state index contributed by atoms with van der Waals surface area (Å²) in [6, 6.07) is 0. The van der Waals surface area contributed by atoms with E-state index in [4.69, 9.17) is 4.74 Å². The highest BCUT2D eigenvalue weighted by atomic mass is 79.9. The van der Waals surface area contributed by atoms with Crippen molar-refractivity contribution in [2.45, 2.75) is 36.6 Å². The van der Waals surface area contributed by atoms with E-state index in [2.05, 4.69) is 22.5 Å². The van der Waals surface area contributed by atoms with E-state index in [-0.39, 0.29) is 0 Å². The number of halogens is 1. The highest BCUT2D eigenvalue weighted by Crippen LogP contribution is 2.22. The zero-order chi connectivity index (χ0) is 8.10. The first-order valence-corrected chi connectivity index (χ1v) is 5.12. The average Bonchev–Trinajstić information content (AvgIpc) is 2.18. The van der Waals surface area contributed by atoms with Gasteiger partial charge < -0.3 is 4.74 Å². The lowest BCUT2D eigenvalue weighted by Gasteiger charge is -2.17. The standard InChI is InChI=1S/C9H15BrO/c1-2-5-9-8(10)6-3-4-7-11-9/h2,8-9H,1,3-7H2. The third kappa shape index (κ3) is 2.96. The van der Waals surface area contributed by atoms with Crippen LogP contribution in [-0.4, -0.2) is 17.5 Å². The molecule has 2 atom stereocenters. The summed E-state index contributed by atoms with van der Waals surface area (Å²) in [5, 5.41) is 0. The van der Waals surface area contributed by atoms with Crippen LogP contribution in [-0.2, 0) is 4.74 Å². The lowest BCUT2D eigenvalue weighted by molar-refractivity contribution is 0.0658. The summed E-state index contributed by atoms with van der Waals surface area (Å²) in [5.74, 6) is 0. The van der Waals surface area contributed by atoms with E-state index in [0.29, 0.717) is 10.9 Å². The lowest BCUT2D eigenvalue weighted by atomic mass is 10.1. The van der Waals surface area contributed by atoms with E-state index in [0.717, 1.165) is 13.0 Å². The van der Waals surface area contributed by atoms with Gasteiger partial charge in [-0.3, -0.25) is 0 Å². The Kier molecular flexibility index (Phi) is 4.16. The maximum absolute atomic E-state index is 5.64. The second kappa shape index (κ2) is 4.94. The molecule has 0 amide bonds. The van der Waals surface area contributed by atoms with Gasteiger partial charge in [0.2, 0.25) is 0 Å². The zero-order valence-electron chi connectivity index (χ0n) is 6.76. The Morgan fingerprint density at radius 2 is 2.36 bits per heavy atom. The molecule has 11 heavy (non-hydrogen) atoms. The van der Waals surface area contributed by atoms with E-state index in [1.807, 2.05) is 6.08 Å². The molecule has 0 aliphatic carbocycles. The molecule has 0 N–H and O–H groups in total. The quantitative estimate of drug-likeness (QED) is 0.512. The predicted octanol–water partition coefficient (Wildman–Crippen LogP) is 2.90. The summed E-state index contributed by atoms with van der Waals surface area (Å²) in [7, 11) is 0. The van der Waals surface area contributed by atoms with Gasteiger partial charge in [0.05, 0.1) is 6.10 Å². The fourth-order valence-electron chi connectivity index (χ4n) is 1.35. The summed E-state index contributed by atoms with van der Waals surface area (Å²) in [6.45, 7) is 4.64. The van der Waals surface area contributed by atoms with Crippen LogP contribution in [0.1, 0.15) is 25.7 Å². The molecule has 2 unspecified atom stereocenters. The summed E-state index contributed by atoms with van der Waals surface area (Å²) in [5.41, 5.74) is 0. The molecule has 0 aromatic heterocycles. The van der Waals surface area contributed by atoms with Gasteiger partial charge in [-0.05, 0) is 25.7 Å². The second-order valence-electron chi connectivity index (χ2n) is 2.95. The summed E-state index contributed by atoms with van der Waals surface area (Å²) >= 11 is 3.63. The molecule has 0 bridgehead atoms. The van der Waals surface area contributed by atoms with Crippen LogP contribution in [0, 0.1) is 0 Å². The Labute approximate surface area is 76.9 Å². The van der Waals surface area contributed by atoms with Gasteiger partial charge >= 0.3 is 0 Å². The Morgan fingerprint density at radius 1 is 1.55 bits per heavy atom. The maximum Gasteiger partial charge on any atom is 0.0734 e. The summed E-state index contributed by atoms with van der Waals surface area (Å²) in [4.78, 5) is 0.531. The topological polar surface area (TPSA) is 9.23 Å².